The van der Waals surface area contributed by atoms with Crippen LogP contribution in [0.1, 0.15) is 29.7 Å². The molecule has 1 saturated carbocycles. The summed E-state index contributed by atoms with van der Waals surface area (Å²) in [6.07, 6.45) is 3.41. The van der Waals surface area contributed by atoms with Gasteiger partial charge < -0.3 is 10.4 Å². The van der Waals surface area contributed by atoms with E-state index in [1.165, 1.54) is 6.20 Å². The van der Waals surface area contributed by atoms with Crippen molar-refractivity contribution in [2.75, 3.05) is 6.61 Å². The maximum Gasteiger partial charge on any atom is 0.278 e. The number of hydrogen-bond donors (Lipinski definition) is 2. The molecule has 1 aromatic heterocycles. The van der Waals surface area contributed by atoms with Crippen molar-refractivity contribution in [3.05, 3.63) is 33.1 Å². The largest absolute Gasteiger partial charge is 0.394 e. The number of hydrogen-bond acceptors (Lipinski definition) is 5. The second-order valence-corrected chi connectivity index (χ2v) is 4.91. The Labute approximate surface area is 105 Å². The van der Waals surface area contributed by atoms with Crippen molar-refractivity contribution in [2.45, 2.75) is 38.8 Å². The van der Waals surface area contributed by atoms with Crippen molar-refractivity contribution in [3.8, 4) is 0 Å². The number of aliphatic hydroxyl groups is 1. The molecule has 6 heteroatoms. The van der Waals surface area contributed by atoms with Crippen molar-refractivity contribution in [3.63, 3.8) is 0 Å². The topological polar surface area (TPSA) is 88.3 Å². The van der Waals surface area contributed by atoms with Crippen molar-refractivity contribution >= 4 is 5.69 Å². The zero-order valence-electron chi connectivity index (χ0n) is 10.6. The minimum absolute atomic E-state index is 0.0972. The van der Waals surface area contributed by atoms with Crippen LogP contribution >= 0.6 is 0 Å². The fourth-order valence-corrected chi connectivity index (χ4v) is 2.04. The number of nitro groups is 1. The van der Waals surface area contributed by atoms with E-state index in [0.29, 0.717) is 23.4 Å². The SMILES string of the molecule is Cc1cnc(CNC2(CO)CC2)c(C)c1[N+](=O)[O-]. The maximum atomic E-state index is 11.0. The van der Waals surface area contributed by atoms with Gasteiger partial charge in [0.1, 0.15) is 0 Å². The Morgan fingerprint density at radius 1 is 1.56 bits per heavy atom. The molecule has 1 aromatic rings. The summed E-state index contributed by atoms with van der Waals surface area (Å²) in [5, 5.41) is 23.4. The lowest BCUT2D eigenvalue weighted by molar-refractivity contribution is -0.386. The van der Waals surface area contributed by atoms with Crippen molar-refractivity contribution < 1.29 is 10.0 Å². The first-order valence-electron chi connectivity index (χ1n) is 5.94. The monoisotopic (exact) mass is 251 g/mol. The smallest absolute Gasteiger partial charge is 0.278 e. The van der Waals surface area contributed by atoms with Crippen LogP contribution in [-0.4, -0.2) is 27.2 Å². The van der Waals surface area contributed by atoms with Crippen LogP contribution in [0.3, 0.4) is 0 Å². The predicted molar refractivity (Wildman–Crippen MR) is 66.3 cm³/mol. The number of aryl methyl sites for hydroxylation is 1. The summed E-state index contributed by atoms with van der Waals surface area (Å²) in [4.78, 5) is 14.9. The van der Waals surface area contributed by atoms with E-state index in [1.54, 1.807) is 13.8 Å². The molecule has 2 rings (SSSR count). The number of nitrogens with zero attached hydrogens (tertiary/aromatic N) is 2. The van der Waals surface area contributed by atoms with Crippen LogP contribution in [0, 0.1) is 24.0 Å². The molecule has 0 aromatic carbocycles. The van der Waals surface area contributed by atoms with Crippen molar-refractivity contribution in [2.24, 2.45) is 0 Å². The van der Waals surface area contributed by atoms with Gasteiger partial charge in [0.2, 0.25) is 0 Å². The van der Waals surface area contributed by atoms with Gasteiger partial charge in [-0.3, -0.25) is 15.1 Å². The molecule has 0 unspecified atom stereocenters. The molecule has 0 bridgehead atoms. The van der Waals surface area contributed by atoms with Crippen molar-refractivity contribution in [1.29, 1.82) is 0 Å². The molecule has 1 heterocycles. The van der Waals surface area contributed by atoms with Crippen LogP contribution in [0.4, 0.5) is 5.69 Å². The fraction of sp³-hybridized carbons (Fsp3) is 0.583. The average molecular weight is 251 g/mol. The third kappa shape index (κ3) is 2.34. The van der Waals surface area contributed by atoms with Gasteiger partial charge in [0.25, 0.3) is 5.69 Å². The minimum Gasteiger partial charge on any atom is -0.394 e. The quantitative estimate of drug-likeness (QED) is 0.606. The summed E-state index contributed by atoms with van der Waals surface area (Å²) in [5.41, 5.74) is 1.79. The first kappa shape index (κ1) is 12.9. The van der Waals surface area contributed by atoms with E-state index >= 15 is 0 Å². The second kappa shape index (κ2) is 4.62. The highest BCUT2D eigenvalue weighted by molar-refractivity contribution is 5.47. The zero-order valence-corrected chi connectivity index (χ0v) is 10.6. The van der Waals surface area contributed by atoms with Crippen LogP contribution in [0.25, 0.3) is 0 Å². The molecule has 2 N–H and O–H groups in total. The third-order valence-electron chi connectivity index (χ3n) is 3.55. The van der Waals surface area contributed by atoms with Crippen LogP contribution < -0.4 is 5.32 Å². The molecule has 98 valence electrons. The molecular weight excluding hydrogens is 234 g/mol. The van der Waals surface area contributed by atoms with Crippen LogP contribution in [0.5, 0.6) is 0 Å². The molecule has 1 aliphatic carbocycles. The fourth-order valence-electron chi connectivity index (χ4n) is 2.04. The van der Waals surface area contributed by atoms with Gasteiger partial charge in [-0.2, -0.15) is 0 Å². The van der Waals surface area contributed by atoms with E-state index in [1.807, 2.05) is 0 Å². The summed E-state index contributed by atoms with van der Waals surface area (Å²) >= 11 is 0. The first-order chi connectivity index (χ1) is 8.49. The van der Waals surface area contributed by atoms with Crippen LogP contribution in [-0.2, 0) is 6.54 Å². The minimum atomic E-state index is -0.366. The Balaban J connectivity index is 2.19. The first-order valence-corrected chi connectivity index (χ1v) is 5.94. The van der Waals surface area contributed by atoms with Gasteiger partial charge in [-0.15, -0.1) is 0 Å². The Kier molecular flexibility index (Phi) is 3.32. The zero-order chi connectivity index (χ0) is 13.3. The number of pyridine rings is 1. The summed E-state index contributed by atoms with van der Waals surface area (Å²) in [7, 11) is 0. The molecule has 18 heavy (non-hydrogen) atoms. The molecule has 0 saturated heterocycles. The molecule has 1 aliphatic rings. The molecule has 0 amide bonds. The summed E-state index contributed by atoms with van der Waals surface area (Å²) in [6, 6.07) is 0. The highest BCUT2D eigenvalue weighted by Gasteiger charge is 2.41. The molecule has 6 nitrogen and oxygen atoms in total. The Bertz CT molecular complexity index is 484. The van der Waals surface area contributed by atoms with Crippen LogP contribution in [0.2, 0.25) is 0 Å². The maximum absolute atomic E-state index is 11.0. The molecule has 0 aliphatic heterocycles. The van der Waals surface area contributed by atoms with E-state index in [9.17, 15) is 15.2 Å². The Morgan fingerprint density at radius 3 is 2.72 bits per heavy atom. The lowest BCUT2D eigenvalue weighted by atomic mass is 10.1. The summed E-state index contributed by atoms with van der Waals surface area (Å²) in [5.74, 6) is 0. The molecule has 0 radical (unpaired) electrons. The normalized spacial score (nSPS) is 16.6. The average Bonchev–Trinajstić information content (AvgIpc) is 3.08. The predicted octanol–water partition coefficient (Wildman–Crippen LogP) is 1.22. The van der Waals surface area contributed by atoms with Gasteiger partial charge in [0, 0.05) is 29.4 Å². The Hall–Kier alpha value is -1.53. The van der Waals surface area contributed by atoms with Gasteiger partial charge in [0.15, 0.2) is 0 Å². The highest BCUT2D eigenvalue weighted by Crippen LogP contribution is 2.35. The van der Waals surface area contributed by atoms with Gasteiger partial charge in [-0.05, 0) is 26.7 Å². The van der Waals surface area contributed by atoms with Crippen molar-refractivity contribution in [1.82, 2.24) is 10.3 Å². The second-order valence-electron chi connectivity index (χ2n) is 4.91. The van der Waals surface area contributed by atoms with Gasteiger partial charge >= 0.3 is 0 Å². The number of nitrogens with one attached hydrogen (secondary N) is 1. The lowest BCUT2D eigenvalue weighted by Gasteiger charge is -2.15. The van der Waals surface area contributed by atoms with Gasteiger partial charge in [0.05, 0.1) is 17.2 Å². The Morgan fingerprint density at radius 2 is 2.22 bits per heavy atom. The van der Waals surface area contributed by atoms with Crippen LogP contribution in [0.15, 0.2) is 6.20 Å². The number of aromatic nitrogens is 1. The standard InChI is InChI=1S/C12H17N3O3/c1-8-5-13-10(9(2)11(8)15(17)18)6-14-12(7-16)3-4-12/h5,14,16H,3-4,6-7H2,1-2H3. The molecular formula is C12H17N3O3. The van der Waals surface area contributed by atoms with E-state index in [2.05, 4.69) is 10.3 Å². The van der Waals surface area contributed by atoms with E-state index < -0.39 is 0 Å². The number of aliphatic hydroxyl groups excluding tert-OH is 1. The van der Waals surface area contributed by atoms with Gasteiger partial charge in [-0.25, -0.2) is 0 Å². The molecule has 0 atom stereocenters. The summed E-state index contributed by atoms with van der Waals surface area (Å²) < 4.78 is 0. The van der Waals surface area contributed by atoms with E-state index in [-0.39, 0.29) is 22.8 Å². The van der Waals surface area contributed by atoms with E-state index in [4.69, 9.17) is 0 Å². The lowest BCUT2D eigenvalue weighted by Crippen LogP contribution is -2.34. The van der Waals surface area contributed by atoms with E-state index in [0.717, 1.165) is 12.8 Å². The molecule has 0 spiro atoms. The third-order valence-corrected chi connectivity index (χ3v) is 3.55. The number of rotatable bonds is 5. The molecule has 1 fully saturated rings. The summed E-state index contributed by atoms with van der Waals surface area (Å²) in [6.45, 7) is 3.95. The van der Waals surface area contributed by atoms with Gasteiger partial charge in [-0.1, -0.05) is 0 Å². The highest BCUT2D eigenvalue weighted by atomic mass is 16.6.